The van der Waals surface area contributed by atoms with E-state index < -0.39 is 0 Å². The van der Waals surface area contributed by atoms with Gasteiger partial charge in [0.2, 0.25) is 0 Å². The third-order valence-corrected chi connectivity index (χ3v) is 3.22. The average molecular weight is 174 g/mol. The summed E-state index contributed by atoms with van der Waals surface area (Å²) in [6.07, 6.45) is 12.9. The van der Waals surface area contributed by atoms with Crippen LogP contribution >= 0.6 is 0 Å². The van der Waals surface area contributed by atoms with Crippen LogP contribution in [0.1, 0.15) is 33.1 Å². The van der Waals surface area contributed by atoms with E-state index in [1.54, 1.807) is 11.1 Å². The first-order valence-corrected chi connectivity index (χ1v) is 5.32. The maximum absolute atomic E-state index is 2.35. The van der Waals surface area contributed by atoms with Crippen molar-refractivity contribution in [1.29, 1.82) is 0 Å². The van der Waals surface area contributed by atoms with E-state index in [0.29, 0.717) is 0 Å². The second kappa shape index (κ2) is 3.53. The van der Waals surface area contributed by atoms with E-state index in [-0.39, 0.29) is 0 Å². The smallest absolute Gasteiger partial charge is 0.00977 e. The molecule has 0 aliphatic heterocycles. The maximum Gasteiger partial charge on any atom is -0.00977 e. The Morgan fingerprint density at radius 2 is 1.92 bits per heavy atom. The zero-order valence-corrected chi connectivity index (χ0v) is 8.59. The molecule has 0 spiro atoms. The molecule has 0 heterocycles. The van der Waals surface area contributed by atoms with Crippen molar-refractivity contribution in [3.05, 3.63) is 35.5 Å². The van der Waals surface area contributed by atoms with Gasteiger partial charge in [-0.3, -0.25) is 0 Å². The summed E-state index contributed by atoms with van der Waals surface area (Å²) >= 11 is 0. The summed E-state index contributed by atoms with van der Waals surface area (Å²) in [7, 11) is 0. The van der Waals surface area contributed by atoms with Crippen molar-refractivity contribution in [2.75, 3.05) is 0 Å². The van der Waals surface area contributed by atoms with Crippen molar-refractivity contribution in [3.63, 3.8) is 0 Å². The Morgan fingerprint density at radius 3 is 2.69 bits per heavy atom. The van der Waals surface area contributed by atoms with Crippen LogP contribution in [0.15, 0.2) is 35.5 Å². The zero-order chi connectivity index (χ0) is 9.26. The van der Waals surface area contributed by atoms with E-state index in [9.17, 15) is 0 Å². The van der Waals surface area contributed by atoms with Gasteiger partial charge in [-0.15, -0.1) is 0 Å². The summed E-state index contributed by atoms with van der Waals surface area (Å²) in [6.45, 7) is 4.68. The number of hydrogen-bond acceptors (Lipinski definition) is 0. The standard InChI is InChI=1S/C13H18/c1-10(2)12-9-5-7-11-6-3-4-8-13(11)12/h3-5,7,10,12H,6,8-9H2,1-2H3. The predicted octanol–water partition coefficient (Wildman–Crippen LogP) is 3.87. The molecule has 0 aromatic rings. The topological polar surface area (TPSA) is 0 Å². The van der Waals surface area contributed by atoms with Crippen molar-refractivity contribution in [3.8, 4) is 0 Å². The van der Waals surface area contributed by atoms with Crippen molar-refractivity contribution in [2.24, 2.45) is 11.8 Å². The fourth-order valence-corrected chi connectivity index (χ4v) is 2.42. The average Bonchev–Trinajstić information content (AvgIpc) is 2.17. The van der Waals surface area contributed by atoms with Gasteiger partial charge in [0.05, 0.1) is 0 Å². The molecule has 0 N–H and O–H groups in total. The van der Waals surface area contributed by atoms with Crippen LogP contribution in [0.25, 0.3) is 0 Å². The quantitative estimate of drug-likeness (QED) is 0.529. The molecule has 0 heteroatoms. The van der Waals surface area contributed by atoms with Gasteiger partial charge < -0.3 is 0 Å². The summed E-state index contributed by atoms with van der Waals surface area (Å²) in [5, 5.41) is 0. The van der Waals surface area contributed by atoms with Crippen LogP contribution in [0.3, 0.4) is 0 Å². The normalized spacial score (nSPS) is 26.8. The summed E-state index contributed by atoms with van der Waals surface area (Å²) < 4.78 is 0. The van der Waals surface area contributed by atoms with E-state index >= 15 is 0 Å². The molecular formula is C13H18. The van der Waals surface area contributed by atoms with Crippen LogP contribution < -0.4 is 0 Å². The third-order valence-electron chi connectivity index (χ3n) is 3.22. The Bertz CT molecular complexity index is 276. The molecule has 0 aromatic heterocycles. The fraction of sp³-hybridized carbons (Fsp3) is 0.538. The highest BCUT2D eigenvalue weighted by atomic mass is 14.3. The van der Waals surface area contributed by atoms with Crippen LogP contribution in [0.2, 0.25) is 0 Å². The summed E-state index contributed by atoms with van der Waals surface area (Å²) in [6, 6.07) is 0. The van der Waals surface area contributed by atoms with Gasteiger partial charge in [-0.2, -0.15) is 0 Å². The van der Waals surface area contributed by atoms with Crippen molar-refractivity contribution in [2.45, 2.75) is 33.1 Å². The lowest BCUT2D eigenvalue weighted by molar-refractivity contribution is 0.432. The Hall–Kier alpha value is -0.780. The highest BCUT2D eigenvalue weighted by Crippen LogP contribution is 2.36. The minimum absolute atomic E-state index is 0.793. The molecule has 0 saturated carbocycles. The minimum atomic E-state index is 0.793. The van der Waals surface area contributed by atoms with Crippen LogP contribution in [0.5, 0.6) is 0 Å². The Kier molecular flexibility index (Phi) is 2.39. The molecular weight excluding hydrogens is 156 g/mol. The Labute approximate surface area is 81.0 Å². The molecule has 1 atom stereocenters. The maximum atomic E-state index is 2.35. The molecule has 0 amide bonds. The van der Waals surface area contributed by atoms with Gasteiger partial charge in [-0.1, -0.05) is 43.7 Å². The molecule has 1 unspecified atom stereocenters. The van der Waals surface area contributed by atoms with Crippen LogP contribution in [0.4, 0.5) is 0 Å². The van der Waals surface area contributed by atoms with Crippen molar-refractivity contribution in [1.82, 2.24) is 0 Å². The summed E-state index contributed by atoms with van der Waals surface area (Å²) in [5.74, 6) is 1.60. The predicted molar refractivity (Wildman–Crippen MR) is 57.5 cm³/mol. The van der Waals surface area contributed by atoms with Gasteiger partial charge in [0.1, 0.15) is 0 Å². The lowest BCUT2D eigenvalue weighted by Crippen LogP contribution is -2.16. The van der Waals surface area contributed by atoms with Crippen LogP contribution in [-0.2, 0) is 0 Å². The van der Waals surface area contributed by atoms with Gasteiger partial charge in [-0.05, 0) is 36.7 Å². The first-order valence-electron chi connectivity index (χ1n) is 5.32. The lowest BCUT2D eigenvalue weighted by atomic mass is 9.76. The molecule has 2 aliphatic carbocycles. The lowest BCUT2D eigenvalue weighted by Gasteiger charge is -2.29. The fourth-order valence-electron chi connectivity index (χ4n) is 2.42. The first kappa shape index (κ1) is 8.80. The first-order chi connectivity index (χ1) is 6.29. The van der Waals surface area contributed by atoms with E-state index in [2.05, 4.69) is 38.2 Å². The molecule has 0 fully saturated rings. The van der Waals surface area contributed by atoms with Crippen molar-refractivity contribution >= 4 is 0 Å². The van der Waals surface area contributed by atoms with Gasteiger partial charge in [0, 0.05) is 0 Å². The molecule has 0 saturated heterocycles. The van der Waals surface area contributed by atoms with Gasteiger partial charge in [0.15, 0.2) is 0 Å². The van der Waals surface area contributed by atoms with Gasteiger partial charge in [-0.25, -0.2) is 0 Å². The highest BCUT2D eigenvalue weighted by molar-refractivity contribution is 5.37. The minimum Gasteiger partial charge on any atom is -0.0841 e. The Balaban J connectivity index is 2.25. The van der Waals surface area contributed by atoms with Crippen LogP contribution in [0, 0.1) is 11.8 Å². The molecule has 13 heavy (non-hydrogen) atoms. The molecule has 0 aromatic carbocycles. The second-order valence-corrected chi connectivity index (χ2v) is 4.42. The third kappa shape index (κ3) is 1.63. The molecule has 2 aliphatic rings. The van der Waals surface area contributed by atoms with E-state index in [1.165, 1.54) is 12.8 Å². The van der Waals surface area contributed by atoms with Gasteiger partial charge in [0.25, 0.3) is 0 Å². The molecule has 2 rings (SSSR count). The van der Waals surface area contributed by atoms with E-state index in [0.717, 1.165) is 18.3 Å². The second-order valence-electron chi connectivity index (χ2n) is 4.42. The molecule has 0 bridgehead atoms. The molecule has 0 radical (unpaired) electrons. The monoisotopic (exact) mass is 174 g/mol. The summed E-state index contributed by atoms with van der Waals surface area (Å²) in [4.78, 5) is 0. The van der Waals surface area contributed by atoms with E-state index in [4.69, 9.17) is 0 Å². The van der Waals surface area contributed by atoms with Gasteiger partial charge >= 0.3 is 0 Å². The largest absolute Gasteiger partial charge is 0.0841 e. The van der Waals surface area contributed by atoms with E-state index in [1.807, 2.05) is 0 Å². The zero-order valence-electron chi connectivity index (χ0n) is 8.59. The summed E-state index contributed by atoms with van der Waals surface area (Å²) in [5.41, 5.74) is 3.30. The number of allylic oxidation sites excluding steroid dienone is 6. The SMILES string of the molecule is CC(C)C1CC=CC2=C1CC=CC2. The molecule has 70 valence electrons. The van der Waals surface area contributed by atoms with Crippen molar-refractivity contribution < 1.29 is 0 Å². The highest BCUT2D eigenvalue weighted by Gasteiger charge is 2.22. The Morgan fingerprint density at radius 1 is 1.15 bits per heavy atom. The number of rotatable bonds is 1. The number of hydrogen-bond donors (Lipinski definition) is 0. The molecule has 0 nitrogen and oxygen atoms in total. The van der Waals surface area contributed by atoms with Crippen LogP contribution in [-0.4, -0.2) is 0 Å².